The molecule has 0 fully saturated rings. The number of carbonyl (C=O) groups excluding carboxylic acids is 1. The van der Waals surface area contributed by atoms with Crippen LogP contribution in [0.5, 0.6) is 0 Å². The molecule has 0 aromatic heterocycles. The van der Waals surface area contributed by atoms with Crippen molar-refractivity contribution in [1.82, 2.24) is 5.32 Å². The van der Waals surface area contributed by atoms with Crippen LogP contribution in [-0.4, -0.2) is 11.0 Å². The second kappa shape index (κ2) is 6.81. The fourth-order valence-electron chi connectivity index (χ4n) is 1.70. The van der Waals surface area contributed by atoms with Crippen molar-refractivity contribution >= 4 is 28.9 Å². The molecule has 6 heteroatoms. The van der Waals surface area contributed by atoms with E-state index < -0.39 is 11.8 Å². The number of amides is 2. The number of anilines is 1. The topological polar surface area (TPSA) is 67.1 Å². The van der Waals surface area contributed by atoms with Crippen molar-refractivity contribution in [3.8, 4) is 0 Å². The monoisotopic (exact) mass is 303 g/mol. The minimum absolute atomic E-state index is 0.138. The first-order valence-corrected chi connectivity index (χ1v) is 6.65. The summed E-state index contributed by atoms with van der Waals surface area (Å²) in [5, 5.41) is 5.09. The van der Waals surface area contributed by atoms with Gasteiger partial charge in [0.15, 0.2) is 0 Å². The smallest absolute Gasteiger partial charge is 0.319 e. The summed E-state index contributed by atoms with van der Waals surface area (Å²) in [5.41, 5.74) is 7.30. The maximum absolute atomic E-state index is 13.4. The summed E-state index contributed by atoms with van der Waals surface area (Å²) in [6.45, 7) is 0.317. The molecule has 0 heterocycles. The van der Waals surface area contributed by atoms with Gasteiger partial charge < -0.3 is 16.4 Å². The number of urea groups is 1. The zero-order valence-corrected chi connectivity index (χ0v) is 11.9. The van der Waals surface area contributed by atoms with E-state index in [0.717, 1.165) is 11.1 Å². The molecule has 0 radical (unpaired) electrons. The molecule has 2 aromatic rings. The number of carbonyl (C=O) groups is 1. The van der Waals surface area contributed by atoms with Crippen LogP contribution in [0, 0.1) is 5.82 Å². The van der Waals surface area contributed by atoms with Gasteiger partial charge in [0, 0.05) is 12.1 Å². The lowest BCUT2D eigenvalue weighted by Crippen LogP contribution is -2.28. The summed E-state index contributed by atoms with van der Waals surface area (Å²) >= 11 is 4.86. The number of hydrogen-bond acceptors (Lipinski definition) is 2. The lowest BCUT2D eigenvalue weighted by atomic mass is 10.1. The zero-order chi connectivity index (χ0) is 15.2. The summed E-state index contributed by atoms with van der Waals surface area (Å²) < 4.78 is 13.4. The summed E-state index contributed by atoms with van der Waals surface area (Å²) in [6, 6.07) is 12.7. The third kappa shape index (κ3) is 4.25. The van der Waals surface area contributed by atoms with Crippen LogP contribution in [0.15, 0.2) is 48.5 Å². The molecule has 0 aliphatic heterocycles. The number of nitrogens with one attached hydrogen (secondary N) is 2. The van der Waals surface area contributed by atoms with Crippen LogP contribution in [0.4, 0.5) is 14.9 Å². The number of para-hydroxylation sites is 1. The van der Waals surface area contributed by atoms with Gasteiger partial charge in [-0.2, -0.15) is 0 Å². The Bertz CT molecular complexity index is 658. The van der Waals surface area contributed by atoms with Gasteiger partial charge in [-0.05, 0) is 17.7 Å². The molecule has 0 atom stereocenters. The Morgan fingerprint density at radius 3 is 2.43 bits per heavy atom. The van der Waals surface area contributed by atoms with Gasteiger partial charge in [-0.25, -0.2) is 9.18 Å². The van der Waals surface area contributed by atoms with E-state index in [1.54, 1.807) is 24.3 Å². The van der Waals surface area contributed by atoms with Crippen LogP contribution in [0.2, 0.25) is 0 Å². The normalized spacial score (nSPS) is 9.95. The van der Waals surface area contributed by atoms with Gasteiger partial charge in [0.25, 0.3) is 0 Å². The fourth-order valence-corrected chi connectivity index (χ4v) is 1.83. The number of thiocarbonyl (C=S) groups is 1. The lowest BCUT2D eigenvalue weighted by Gasteiger charge is -2.08. The van der Waals surface area contributed by atoms with Gasteiger partial charge in [0.2, 0.25) is 0 Å². The predicted molar refractivity (Wildman–Crippen MR) is 84.6 cm³/mol. The molecule has 2 amide bonds. The molecule has 4 N–H and O–H groups in total. The third-order valence-corrected chi connectivity index (χ3v) is 3.05. The van der Waals surface area contributed by atoms with E-state index >= 15 is 0 Å². The number of halogens is 1. The molecule has 0 saturated carbocycles. The van der Waals surface area contributed by atoms with Crippen molar-refractivity contribution in [1.29, 1.82) is 0 Å². The molecule has 0 bridgehead atoms. The second-order valence-corrected chi connectivity index (χ2v) is 4.79. The summed E-state index contributed by atoms with van der Waals surface area (Å²) in [6.07, 6.45) is 0. The van der Waals surface area contributed by atoms with Gasteiger partial charge in [-0.3, -0.25) is 0 Å². The van der Waals surface area contributed by atoms with Gasteiger partial charge >= 0.3 is 6.03 Å². The molecule has 0 saturated heterocycles. The Kier molecular flexibility index (Phi) is 4.84. The summed E-state index contributed by atoms with van der Waals surface area (Å²) in [4.78, 5) is 12.0. The van der Waals surface area contributed by atoms with E-state index in [1.165, 1.54) is 12.1 Å². The highest BCUT2D eigenvalue weighted by Crippen LogP contribution is 2.12. The second-order valence-electron chi connectivity index (χ2n) is 4.35. The number of hydrogen-bond donors (Lipinski definition) is 3. The summed E-state index contributed by atoms with van der Waals surface area (Å²) in [7, 11) is 0. The first kappa shape index (κ1) is 14.9. The number of rotatable bonds is 4. The van der Waals surface area contributed by atoms with E-state index in [-0.39, 0.29) is 5.69 Å². The van der Waals surface area contributed by atoms with Crippen molar-refractivity contribution in [2.45, 2.75) is 6.54 Å². The Balaban J connectivity index is 1.89. The van der Waals surface area contributed by atoms with Crippen LogP contribution in [0.25, 0.3) is 0 Å². The molecule has 21 heavy (non-hydrogen) atoms. The molecule has 0 aliphatic carbocycles. The first-order valence-electron chi connectivity index (χ1n) is 6.24. The van der Waals surface area contributed by atoms with E-state index in [2.05, 4.69) is 10.6 Å². The van der Waals surface area contributed by atoms with Crippen molar-refractivity contribution in [2.75, 3.05) is 5.32 Å². The third-order valence-electron chi connectivity index (χ3n) is 2.81. The molecule has 4 nitrogen and oxygen atoms in total. The van der Waals surface area contributed by atoms with E-state index in [0.29, 0.717) is 11.5 Å². The standard InChI is InChI=1S/C15H14FN3OS/c16-12-3-1-2-4-13(12)19-15(20)18-9-10-5-7-11(8-6-10)14(17)21/h1-8H,9H2,(H2,17,21)(H2,18,19,20). The van der Waals surface area contributed by atoms with Crippen molar-refractivity contribution in [2.24, 2.45) is 5.73 Å². The van der Waals surface area contributed by atoms with Gasteiger partial charge in [-0.15, -0.1) is 0 Å². The maximum atomic E-state index is 13.4. The highest BCUT2D eigenvalue weighted by atomic mass is 32.1. The SMILES string of the molecule is NC(=S)c1ccc(CNC(=O)Nc2ccccc2F)cc1. The molecule has 108 valence electrons. The highest BCUT2D eigenvalue weighted by Gasteiger charge is 2.05. The number of nitrogens with two attached hydrogens (primary N) is 1. The quantitative estimate of drug-likeness (QED) is 0.761. The largest absolute Gasteiger partial charge is 0.389 e. The predicted octanol–water partition coefficient (Wildman–Crippen LogP) is 2.78. The van der Waals surface area contributed by atoms with Gasteiger partial charge in [-0.1, -0.05) is 48.6 Å². The van der Waals surface area contributed by atoms with E-state index in [4.69, 9.17) is 18.0 Å². The lowest BCUT2D eigenvalue weighted by molar-refractivity contribution is 0.251. The van der Waals surface area contributed by atoms with Crippen molar-refractivity contribution in [3.05, 3.63) is 65.5 Å². The minimum Gasteiger partial charge on any atom is -0.389 e. The number of benzene rings is 2. The molecule has 0 spiro atoms. The zero-order valence-electron chi connectivity index (χ0n) is 11.1. The van der Waals surface area contributed by atoms with Crippen LogP contribution in [0.1, 0.15) is 11.1 Å². The maximum Gasteiger partial charge on any atom is 0.319 e. The molecular weight excluding hydrogens is 289 g/mol. The highest BCUT2D eigenvalue weighted by molar-refractivity contribution is 7.80. The van der Waals surface area contributed by atoms with Crippen LogP contribution >= 0.6 is 12.2 Å². The molecule has 2 aromatic carbocycles. The molecule has 2 rings (SSSR count). The Morgan fingerprint density at radius 2 is 1.81 bits per heavy atom. The Morgan fingerprint density at radius 1 is 1.14 bits per heavy atom. The van der Waals surface area contributed by atoms with E-state index in [9.17, 15) is 9.18 Å². The van der Waals surface area contributed by atoms with Crippen molar-refractivity contribution in [3.63, 3.8) is 0 Å². The first-order chi connectivity index (χ1) is 10.1. The van der Waals surface area contributed by atoms with Crippen LogP contribution in [0.3, 0.4) is 0 Å². The van der Waals surface area contributed by atoms with E-state index in [1.807, 2.05) is 12.1 Å². The van der Waals surface area contributed by atoms with Crippen molar-refractivity contribution < 1.29 is 9.18 Å². The van der Waals surface area contributed by atoms with Gasteiger partial charge in [0.05, 0.1) is 5.69 Å². The Hall–Kier alpha value is -2.47. The average molecular weight is 303 g/mol. The molecule has 0 aliphatic rings. The fraction of sp³-hybridized carbons (Fsp3) is 0.0667. The Labute approximate surface area is 127 Å². The van der Waals surface area contributed by atoms with Crippen LogP contribution in [-0.2, 0) is 6.54 Å². The minimum atomic E-state index is -0.478. The average Bonchev–Trinajstić information content (AvgIpc) is 2.48. The summed E-state index contributed by atoms with van der Waals surface area (Å²) in [5.74, 6) is -0.478. The van der Waals surface area contributed by atoms with Crippen LogP contribution < -0.4 is 16.4 Å². The molecular formula is C15H14FN3OS. The van der Waals surface area contributed by atoms with Gasteiger partial charge in [0.1, 0.15) is 10.8 Å². The molecule has 0 unspecified atom stereocenters.